The third-order valence-electron chi connectivity index (χ3n) is 7.92. The molecule has 7 heteroatoms. The highest BCUT2D eigenvalue weighted by atomic mass is 16.5. The Balaban J connectivity index is 1.14. The maximum absolute atomic E-state index is 6.50. The molecule has 3 fully saturated rings. The van der Waals surface area contributed by atoms with Crippen molar-refractivity contribution in [1.29, 1.82) is 0 Å². The van der Waals surface area contributed by atoms with Crippen LogP contribution in [0, 0.1) is 5.41 Å². The van der Waals surface area contributed by atoms with Gasteiger partial charge in [-0.2, -0.15) is 0 Å². The van der Waals surface area contributed by atoms with Crippen LogP contribution in [-0.2, 0) is 10.2 Å². The van der Waals surface area contributed by atoms with E-state index in [0.717, 1.165) is 56.2 Å². The number of benzene rings is 2. The topological polar surface area (TPSA) is 82.7 Å². The van der Waals surface area contributed by atoms with Gasteiger partial charge in [0.15, 0.2) is 6.23 Å². The highest BCUT2D eigenvalue weighted by molar-refractivity contribution is 5.42. The van der Waals surface area contributed by atoms with Gasteiger partial charge in [0.05, 0.1) is 13.2 Å². The van der Waals surface area contributed by atoms with E-state index < -0.39 is 0 Å². The van der Waals surface area contributed by atoms with Gasteiger partial charge < -0.3 is 19.9 Å². The van der Waals surface area contributed by atoms with Crippen molar-refractivity contribution in [2.75, 3.05) is 26.3 Å². The number of hydrogen-bond donors (Lipinski definition) is 1. The Labute approximate surface area is 212 Å². The number of rotatable bonds is 8. The number of nitrogens with two attached hydrogens (primary N) is 1. The Morgan fingerprint density at radius 2 is 1.53 bits per heavy atom. The minimum Gasteiger partial charge on any atom is -0.490 e. The molecule has 0 radical (unpaired) electrons. The van der Waals surface area contributed by atoms with Crippen molar-refractivity contribution < 1.29 is 14.2 Å². The third kappa shape index (κ3) is 4.47. The van der Waals surface area contributed by atoms with Gasteiger partial charge in [-0.15, -0.1) is 0 Å². The summed E-state index contributed by atoms with van der Waals surface area (Å²) >= 11 is 0. The quantitative estimate of drug-likeness (QED) is 0.514. The van der Waals surface area contributed by atoms with Crippen LogP contribution in [0.1, 0.15) is 49.6 Å². The molecule has 2 saturated heterocycles. The monoisotopic (exact) mass is 486 g/mol. The fraction of sp³-hybridized carbons (Fsp3) is 0.448. The molecule has 1 unspecified atom stereocenters. The summed E-state index contributed by atoms with van der Waals surface area (Å²) in [5, 5.41) is 0. The van der Waals surface area contributed by atoms with E-state index in [2.05, 4.69) is 77.2 Å². The molecule has 1 aromatic heterocycles. The van der Waals surface area contributed by atoms with E-state index in [1.807, 2.05) is 12.4 Å². The summed E-state index contributed by atoms with van der Waals surface area (Å²) in [4.78, 5) is 10.8. The van der Waals surface area contributed by atoms with Gasteiger partial charge in [-0.3, -0.25) is 4.90 Å². The fourth-order valence-corrected chi connectivity index (χ4v) is 5.44. The van der Waals surface area contributed by atoms with Crippen LogP contribution in [0.15, 0.2) is 67.3 Å². The molecule has 0 amide bonds. The van der Waals surface area contributed by atoms with Gasteiger partial charge in [-0.25, -0.2) is 9.97 Å². The van der Waals surface area contributed by atoms with Crippen molar-refractivity contribution in [3.05, 3.63) is 83.9 Å². The van der Waals surface area contributed by atoms with Crippen LogP contribution in [0.25, 0.3) is 0 Å². The molecule has 1 spiro atoms. The Hall–Kier alpha value is -3.00. The zero-order valence-corrected chi connectivity index (χ0v) is 21.0. The predicted octanol–water partition coefficient (Wildman–Crippen LogP) is 4.08. The first-order valence-electron chi connectivity index (χ1n) is 12.8. The van der Waals surface area contributed by atoms with E-state index in [9.17, 15) is 0 Å². The number of hydrogen-bond acceptors (Lipinski definition) is 7. The molecular weight excluding hydrogens is 452 g/mol. The summed E-state index contributed by atoms with van der Waals surface area (Å²) in [6, 6.07) is 17.2. The van der Waals surface area contributed by atoms with Gasteiger partial charge in [0.1, 0.15) is 23.9 Å². The van der Waals surface area contributed by atoms with E-state index in [0.29, 0.717) is 5.41 Å². The molecule has 3 aliphatic rings. The molecule has 188 valence electrons. The molecule has 3 aromatic rings. The zero-order valence-electron chi connectivity index (χ0n) is 21.0. The van der Waals surface area contributed by atoms with Crippen LogP contribution in [0.2, 0.25) is 0 Å². The van der Waals surface area contributed by atoms with Crippen LogP contribution < -0.4 is 15.2 Å². The van der Waals surface area contributed by atoms with Crippen LogP contribution in [-0.4, -0.2) is 53.3 Å². The Bertz CT molecular complexity index is 1170. The molecule has 36 heavy (non-hydrogen) atoms. The van der Waals surface area contributed by atoms with E-state index >= 15 is 0 Å². The molecule has 1 saturated carbocycles. The average Bonchev–Trinajstić information content (AvgIpc) is 2.82. The summed E-state index contributed by atoms with van der Waals surface area (Å²) in [7, 11) is 0. The summed E-state index contributed by atoms with van der Waals surface area (Å²) < 4.78 is 18.0. The van der Waals surface area contributed by atoms with E-state index in [1.54, 1.807) is 6.33 Å². The van der Waals surface area contributed by atoms with Crippen LogP contribution in [0.5, 0.6) is 11.5 Å². The lowest BCUT2D eigenvalue weighted by Crippen LogP contribution is -2.66. The standard InChI is InChI=1S/C29H34N4O3/c1-28(2,21-3-7-24(8-4-21)35-26-11-23(30)12-26)22-5-9-25(10-6-22)36-27(20-13-31-19-32-14-20)33-15-29(16-33)17-34-18-29/h3-10,13-14,19,23,26-27H,11-12,15-18,30H2,1-2H3. The van der Waals surface area contributed by atoms with Gasteiger partial charge in [0.25, 0.3) is 0 Å². The SMILES string of the molecule is CC(C)(c1ccc(OC2CC(N)C2)cc1)c1ccc(OC(c2cncnc2)N2CC3(COC3)C2)cc1. The number of aromatic nitrogens is 2. The fourth-order valence-electron chi connectivity index (χ4n) is 5.44. The molecule has 2 aromatic carbocycles. The Morgan fingerprint density at radius 3 is 2.06 bits per heavy atom. The first-order chi connectivity index (χ1) is 17.4. The molecule has 6 rings (SSSR count). The maximum atomic E-state index is 6.50. The second-order valence-electron chi connectivity index (χ2n) is 11.2. The molecule has 7 nitrogen and oxygen atoms in total. The second-order valence-corrected chi connectivity index (χ2v) is 11.2. The van der Waals surface area contributed by atoms with Gasteiger partial charge in [-0.1, -0.05) is 38.1 Å². The second kappa shape index (κ2) is 9.14. The van der Waals surface area contributed by atoms with Crippen molar-refractivity contribution in [2.24, 2.45) is 11.1 Å². The van der Waals surface area contributed by atoms with Crippen LogP contribution in [0.4, 0.5) is 0 Å². The van der Waals surface area contributed by atoms with Crippen molar-refractivity contribution in [3.8, 4) is 11.5 Å². The highest BCUT2D eigenvalue weighted by Crippen LogP contribution is 2.43. The molecular formula is C29H34N4O3. The molecule has 2 aliphatic heterocycles. The summed E-state index contributed by atoms with van der Waals surface area (Å²) in [5.41, 5.74) is 9.45. The summed E-state index contributed by atoms with van der Waals surface area (Å²) in [6.07, 6.45) is 7.14. The Morgan fingerprint density at radius 1 is 0.944 bits per heavy atom. The first-order valence-corrected chi connectivity index (χ1v) is 12.8. The zero-order chi connectivity index (χ0) is 24.8. The van der Waals surface area contributed by atoms with E-state index in [1.165, 1.54) is 11.1 Å². The molecule has 2 N–H and O–H groups in total. The number of ether oxygens (including phenoxy) is 3. The maximum Gasteiger partial charge on any atom is 0.182 e. The lowest BCUT2D eigenvalue weighted by molar-refractivity contribution is -0.218. The number of nitrogens with zero attached hydrogens (tertiary/aromatic N) is 3. The molecule has 3 heterocycles. The smallest absolute Gasteiger partial charge is 0.182 e. The van der Waals surface area contributed by atoms with Crippen molar-refractivity contribution in [3.63, 3.8) is 0 Å². The summed E-state index contributed by atoms with van der Waals surface area (Å²) in [5.74, 6) is 1.74. The molecule has 1 atom stereocenters. The lowest BCUT2D eigenvalue weighted by atomic mass is 9.77. The van der Waals surface area contributed by atoms with E-state index in [4.69, 9.17) is 19.9 Å². The lowest BCUT2D eigenvalue weighted by Gasteiger charge is -2.56. The van der Waals surface area contributed by atoms with Gasteiger partial charge >= 0.3 is 0 Å². The minimum atomic E-state index is -0.214. The highest BCUT2D eigenvalue weighted by Gasteiger charge is 2.51. The van der Waals surface area contributed by atoms with Crippen LogP contribution >= 0.6 is 0 Å². The Kier molecular flexibility index (Phi) is 5.94. The summed E-state index contributed by atoms with van der Waals surface area (Å²) in [6.45, 7) is 8.10. The predicted molar refractivity (Wildman–Crippen MR) is 137 cm³/mol. The minimum absolute atomic E-state index is 0.156. The molecule has 0 bridgehead atoms. The first kappa shape index (κ1) is 23.4. The van der Waals surface area contributed by atoms with Crippen molar-refractivity contribution in [2.45, 2.75) is 50.5 Å². The normalized spacial score (nSPS) is 23.8. The third-order valence-corrected chi connectivity index (χ3v) is 7.92. The van der Waals surface area contributed by atoms with Crippen molar-refractivity contribution in [1.82, 2.24) is 14.9 Å². The molecule has 1 aliphatic carbocycles. The largest absolute Gasteiger partial charge is 0.490 e. The van der Waals surface area contributed by atoms with E-state index in [-0.39, 0.29) is 23.8 Å². The van der Waals surface area contributed by atoms with Gasteiger partial charge in [0.2, 0.25) is 0 Å². The van der Waals surface area contributed by atoms with Crippen molar-refractivity contribution >= 4 is 0 Å². The average molecular weight is 487 g/mol. The van der Waals surface area contributed by atoms with Crippen LogP contribution in [0.3, 0.4) is 0 Å². The number of likely N-dealkylation sites (tertiary alicyclic amines) is 1. The van der Waals surface area contributed by atoms with Gasteiger partial charge in [-0.05, 0) is 48.2 Å². The van der Waals surface area contributed by atoms with Gasteiger partial charge in [0, 0.05) is 47.9 Å².